The minimum absolute atomic E-state index is 0.177. The first-order chi connectivity index (χ1) is 11.3. The summed E-state index contributed by atoms with van der Waals surface area (Å²) in [5, 5.41) is 18.7. The zero-order valence-corrected chi connectivity index (χ0v) is 14.4. The van der Waals surface area contributed by atoms with E-state index in [1.165, 1.54) is 12.1 Å². The molecule has 5 nitrogen and oxygen atoms in total. The SMILES string of the molecule is CC(C)(C)c1nnc(CN(C[C@H](O)c2ccc(F)cc2)C2CC2)o1. The standard InChI is InChI=1S/C18H24FN3O2/c1-18(2,3)17-21-20-16(24-17)11-22(14-8-9-14)10-15(23)12-4-6-13(19)7-5-12/h4-7,14-15,23H,8-11H2,1-3H3/t15-/m0/s1. The van der Waals surface area contributed by atoms with E-state index >= 15 is 0 Å². The fourth-order valence-electron chi connectivity index (χ4n) is 2.59. The van der Waals surface area contributed by atoms with Gasteiger partial charge in [-0.1, -0.05) is 32.9 Å². The van der Waals surface area contributed by atoms with Crippen molar-refractivity contribution in [3.8, 4) is 0 Å². The predicted molar refractivity (Wildman–Crippen MR) is 87.8 cm³/mol. The van der Waals surface area contributed by atoms with Gasteiger partial charge in [0, 0.05) is 18.0 Å². The maximum Gasteiger partial charge on any atom is 0.230 e. The van der Waals surface area contributed by atoms with Crippen LogP contribution >= 0.6 is 0 Å². The van der Waals surface area contributed by atoms with Crippen molar-refractivity contribution in [2.45, 2.75) is 57.7 Å². The summed E-state index contributed by atoms with van der Waals surface area (Å²) in [6, 6.07) is 6.41. The molecule has 1 saturated carbocycles. The van der Waals surface area contributed by atoms with Gasteiger partial charge >= 0.3 is 0 Å². The quantitative estimate of drug-likeness (QED) is 0.879. The molecule has 0 bridgehead atoms. The molecule has 24 heavy (non-hydrogen) atoms. The van der Waals surface area contributed by atoms with Gasteiger partial charge in [-0.15, -0.1) is 10.2 Å². The molecule has 6 heteroatoms. The van der Waals surface area contributed by atoms with Crippen LogP contribution < -0.4 is 0 Å². The highest BCUT2D eigenvalue weighted by atomic mass is 19.1. The molecule has 1 N–H and O–H groups in total. The van der Waals surface area contributed by atoms with Crippen molar-refractivity contribution in [2.75, 3.05) is 6.54 Å². The van der Waals surface area contributed by atoms with E-state index in [0.717, 1.165) is 12.8 Å². The van der Waals surface area contributed by atoms with Crippen LogP contribution in [0.4, 0.5) is 4.39 Å². The van der Waals surface area contributed by atoms with E-state index in [1.54, 1.807) is 12.1 Å². The molecule has 2 aromatic rings. The largest absolute Gasteiger partial charge is 0.423 e. The summed E-state index contributed by atoms with van der Waals surface area (Å²) >= 11 is 0. The van der Waals surface area contributed by atoms with Crippen molar-refractivity contribution < 1.29 is 13.9 Å². The number of aliphatic hydroxyl groups is 1. The highest BCUT2D eigenvalue weighted by Crippen LogP contribution is 2.30. The van der Waals surface area contributed by atoms with Gasteiger partial charge in [-0.05, 0) is 30.5 Å². The van der Waals surface area contributed by atoms with Gasteiger partial charge in [-0.2, -0.15) is 0 Å². The highest BCUT2D eigenvalue weighted by molar-refractivity contribution is 5.19. The van der Waals surface area contributed by atoms with E-state index in [-0.39, 0.29) is 11.2 Å². The Balaban J connectivity index is 1.67. The summed E-state index contributed by atoms with van der Waals surface area (Å²) in [4.78, 5) is 2.16. The molecule has 1 aromatic heterocycles. The fourth-order valence-corrected chi connectivity index (χ4v) is 2.59. The number of rotatable bonds is 6. The first-order valence-electron chi connectivity index (χ1n) is 8.33. The molecule has 1 aliphatic rings. The number of aliphatic hydroxyl groups excluding tert-OH is 1. The van der Waals surface area contributed by atoms with Gasteiger partial charge in [0.15, 0.2) is 0 Å². The molecule has 0 amide bonds. The van der Waals surface area contributed by atoms with Crippen molar-refractivity contribution in [2.24, 2.45) is 0 Å². The van der Waals surface area contributed by atoms with Crippen LogP contribution in [0.25, 0.3) is 0 Å². The average Bonchev–Trinajstić information content (AvgIpc) is 3.25. The van der Waals surface area contributed by atoms with Gasteiger partial charge in [0.25, 0.3) is 0 Å². The summed E-state index contributed by atoms with van der Waals surface area (Å²) in [5.74, 6) is 0.885. The minimum atomic E-state index is -0.670. The van der Waals surface area contributed by atoms with Crippen molar-refractivity contribution >= 4 is 0 Å². The molecule has 130 valence electrons. The summed E-state index contributed by atoms with van der Waals surface area (Å²) < 4.78 is 18.8. The van der Waals surface area contributed by atoms with Gasteiger partial charge in [0.2, 0.25) is 11.8 Å². The zero-order chi connectivity index (χ0) is 17.3. The highest BCUT2D eigenvalue weighted by Gasteiger charge is 2.32. The molecule has 1 atom stereocenters. The second-order valence-electron chi connectivity index (χ2n) is 7.48. The Hall–Kier alpha value is -1.79. The van der Waals surface area contributed by atoms with Gasteiger partial charge in [-0.3, -0.25) is 4.90 Å². The summed E-state index contributed by atoms with van der Waals surface area (Å²) in [6.45, 7) is 7.07. The fraction of sp³-hybridized carbons (Fsp3) is 0.556. The monoisotopic (exact) mass is 333 g/mol. The molecule has 0 saturated heterocycles. The molecular weight excluding hydrogens is 309 g/mol. The minimum Gasteiger partial charge on any atom is -0.423 e. The van der Waals surface area contributed by atoms with E-state index in [1.807, 2.05) is 20.8 Å². The van der Waals surface area contributed by atoms with Crippen LogP contribution in [0, 0.1) is 5.82 Å². The topological polar surface area (TPSA) is 62.4 Å². The zero-order valence-electron chi connectivity index (χ0n) is 14.4. The van der Waals surface area contributed by atoms with Crippen LogP contribution in [-0.4, -0.2) is 32.8 Å². The lowest BCUT2D eigenvalue weighted by Crippen LogP contribution is -2.30. The Morgan fingerprint density at radius 2 is 1.92 bits per heavy atom. The maximum absolute atomic E-state index is 13.0. The third-order valence-electron chi connectivity index (χ3n) is 4.17. The van der Waals surface area contributed by atoms with Gasteiger partial charge in [-0.25, -0.2) is 4.39 Å². The molecule has 1 heterocycles. The predicted octanol–water partition coefficient (Wildman–Crippen LogP) is 3.20. The summed E-state index contributed by atoms with van der Waals surface area (Å²) in [7, 11) is 0. The van der Waals surface area contributed by atoms with Gasteiger partial charge in [0.05, 0.1) is 12.6 Å². The molecule has 0 spiro atoms. The Kier molecular flexibility index (Phi) is 4.69. The Morgan fingerprint density at radius 3 is 2.46 bits per heavy atom. The van der Waals surface area contributed by atoms with Crippen molar-refractivity contribution in [3.05, 3.63) is 47.4 Å². The van der Waals surface area contributed by atoms with E-state index in [9.17, 15) is 9.50 Å². The summed E-state index contributed by atoms with van der Waals surface area (Å²) in [6.07, 6.45) is 1.54. The first kappa shape index (κ1) is 17.0. The maximum atomic E-state index is 13.0. The number of nitrogens with zero attached hydrogens (tertiary/aromatic N) is 3. The van der Waals surface area contributed by atoms with Crippen molar-refractivity contribution in [3.63, 3.8) is 0 Å². The van der Waals surface area contributed by atoms with Crippen LogP contribution in [-0.2, 0) is 12.0 Å². The third-order valence-corrected chi connectivity index (χ3v) is 4.17. The second kappa shape index (κ2) is 6.61. The van der Waals surface area contributed by atoms with E-state index in [2.05, 4.69) is 15.1 Å². The van der Waals surface area contributed by atoms with Crippen LogP contribution in [0.2, 0.25) is 0 Å². The van der Waals surface area contributed by atoms with E-state index in [0.29, 0.717) is 36.5 Å². The lowest BCUT2D eigenvalue weighted by atomic mass is 9.97. The van der Waals surface area contributed by atoms with Crippen LogP contribution in [0.5, 0.6) is 0 Å². The lowest BCUT2D eigenvalue weighted by molar-refractivity contribution is 0.0982. The van der Waals surface area contributed by atoms with Gasteiger partial charge in [0.1, 0.15) is 5.82 Å². The Morgan fingerprint density at radius 1 is 1.25 bits per heavy atom. The molecular formula is C18H24FN3O2. The third kappa shape index (κ3) is 4.19. The van der Waals surface area contributed by atoms with E-state index < -0.39 is 6.10 Å². The molecule has 0 radical (unpaired) electrons. The Bertz CT molecular complexity index is 674. The molecule has 3 rings (SSSR count). The average molecular weight is 333 g/mol. The van der Waals surface area contributed by atoms with Crippen LogP contribution in [0.15, 0.2) is 28.7 Å². The number of halogens is 1. The van der Waals surface area contributed by atoms with Crippen LogP contribution in [0.3, 0.4) is 0 Å². The first-order valence-corrected chi connectivity index (χ1v) is 8.33. The second-order valence-corrected chi connectivity index (χ2v) is 7.48. The summed E-state index contributed by atoms with van der Waals surface area (Å²) in [5.41, 5.74) is 0.534. The van der Waals surface area contributed by atoms with Crippen molar-refractivity contribution in [1.29, 1.82) is 0 Å². The number of aromatic nitrogens is 2. The molecule has 1 aliphatic carbocycles. The number of hydrogen-bond donors (Lipinski definition) is 1. The normalized spacial score (nSPS) is 16.6. The Labute approximate surface area is 141 Å². The number of benzene rings is 1. The molecule has 1 aromatic carbocycles. The smallest absolute Gasteiger partial charge is 0.230 e. The molecule has 0 unspecified atom stereocenters. The van der Waals surface area contributed by atoms with E-state index in [4.69, 9.17) is 4.42 Å². The van der Waals surface area contributed by atoms with Crippen molar-refractivity contribution in [1.82, 2.24) is 15.1 Å². The number of hydrogen-bond acceptors (Lipinski definition) is 5. The van der Waals surface area contributed by atoms with Crippen LogP contribution in [0.1, 0.15) is 57.1 Å². The molecule has 1 fully saturated rings. The lowest BCUT2D eigenvalue weighted by Gasteiger charge is -2.23. The van der Waals surface area contributed by atoms with Gasteiger partial charge < -0.3 is 9.52 Å². The molecule has 0 aliphatic heterocycles.